The number of nitrogens with one attached hydrogen (secondary N) is 2. The first-order valence-electron chi connectivity index (χ1n) is 11.4. The molecule has 4 aromatic rings. The summed E-state index contributed by atoms with van der Waals surface area (Å²) in [6.45, 7) is 1.23. The topological polar surface area (TPSA) is 131 Å². The summed E-state index contributed by atoms with van der Waals surface area (Å²) < 4.78 is 11.9. The summed E-state index contributed by atoms with van der Waals surface area (Å²) in [6, 6.07) is 12.3. The van der Waals surface area contributed by atoms with Gasteiger partial charge >= 0.3 is 0 Å². The molecule has 180 valence electrons. The third-order valence-corrected chi connectivity index (χ3v) is 6.15. The lowest BCUT2D eigenvalue weighted by molar-refractivity contribution is -0.120. The molecular weight excluding hydrogens is 450 g/mol. The van der Waals surface area contributed by atoms with Crippen LogP contribution >= 0.6 is 0 Å². The first-order valence-corrected chi connectivity index (χ1v) is 11.4. The zero-order chi connectivity index (χ0) is 24.2. The highest BCUT2D eigenvalue weighted by atomic mass is 16.5. The molecular formula is C25H25N5O5. The summed E-state index contributed by atoms with van der Waals surface area (Å²) in [5, 5.41) is 14.4. The van der Waals surface area contributed by atoms with Crippen LogP contribution < -0.4 is 15.6 Å². The van der Waals surface area contributed by atoms with Gasteiger partial charge in [-0.25, -0.2) is 9.97 Å². The van der Waals surface area contributed by atoms with Crippen LogP contribution in [-0.4, -0.2) is 57.0 Å². The molecule has 35 heavy (non-hydrogen) atoms. The quantitative estimate of drug-likeness (QED) is 0.331. The number of rotatable bonds is 8. The highest BCUT2D eigenvalue weighted by Gasteiger charge is 2.22. The number of aliphatic hydroxyl groups excluding tert-OH is 1. The van der Waals surface area contributed by atoms with Gasteiger partial charge in [-0.1, -0.05) is 18.2 Å². The molecule has 0 amide bonds. The number of aromatic amines is 1. The van der Waals surface area contributed by atoms with Gasteiger partial charge in [0.2, 0.25) is 11.7 Å². The number of para-hydroxylation sites is 1. The molecule has 10 heteroatoms. The van der Waals surface area contributed by atoms with Crippen LogP contribution in [0.1, 0.15) is 24.6 Å². The van der Waals surface area contributed by atoms with Crippen LogP contribution in [0.15, 0.2) is 59.7 Å². The Morgan fingerprint density at radius 2 is 2.09 bits per heavy atom. The number of anilines is 1. The molecule has 0 saturated carbocycles. The molecule has 1 unspecified atom stereocenters. The van der Waals surface area contributed by atoms with Crippen molar-refractivity contribution >= 4 is 23.3 Å². The summed E-state index contributed by atoms with van der Waals surface area (Å²) in [5.74, 6) is 0.245. The normalized spacial score (nSPS) is 15.1. The first-order chi connectivity index (χ1) is 17.2. The monoisotopic (exact) mass is 475 g/mol. The van der Waals surface area contributed by atoms with E-state index in [9.17, 15) is 14.7 Å². The Hall–Kier alpha value is -4.02. The second-order valence-corrected chi connectivity index (χ2v) is 8.29. The Bertz CT molecular complexity index is 1360. The standard InChI is InChI=1S/C25H25N5O5/c31-14-22(21-13-16-3-1-2-4-19(16)28-21)30-10-6-18(23(24(30)33)35-15-32)20-5-9-26-25(29-20)27-17-7-11-34-12-8-17/h1-6,9-10,13,15,17,22,28,31H,7-8,11-12,14H2,(H,26,27,29). The Balaban J connectivity index is 1.51. The number of hydrogen-bond acceptors (Lipinski definition) is 8. The summed E-state index contributed by atoms with van der Waals surface area (Å²) in [5.41, 5.74) is 1.77. The minimum atomic E-state index is -0.700. The maximum atomic E-state index is 13.4. The Morgan fingerprint density at radius 3 is 2.86 bits per heavy atom. The highest BCUT2D eigenvalue weighted by Crippen LogP contribution is 2.28. The van der Waals surface area contributed by atoms with Crippen LogP contribution in [0.5, 0.6) is 5.75 Å². The molecule has 4 heterocycles. The van der Waals surface area contributed by atoms with Gasteiger partial charge in [-0.2, -0.15) is 0 Å². The average molecular weight is 476 g/mol. The van der Waals surface area contributed by atoms with Crippen molar-refractivity contribution in [3.63, 3.8) is 0 Å². The van der Waals surface area contributed by atoms with Crippen molar-refractivity contribution in [1.29, 1.82) is 0 Å². The second-order valence-electron chi connectivity index (χ2n) is 8.29. The predicted molar refractivity (Wildman–Crippen MR) is 129 cm³/mol. The molecule has 3 aromatic heterocycles. The number of pyridine rings is 1. The molecule has 0 spiro atoms. The molecule has 1 aliphatic heterocycles. The molecule has 0 aliphatic carbocycles. The van der Waals surface area contributed by atoms with Crippen molar-refractivity contribution in [3.8, 4) is 17.0 Å². The molecule has 1 aromatic carbocycles. The van der Waals surface area contributed by atoms with E-state index in [2.05, 4.69) is 20.3 Å². The molecule has 10 nitrogen and oxygen atoms in total. The lowest BCUT2D eigenvalue weighted by Crippen LogP contribution is -2.29. The van der Waals surface area contributed by atoms with Gasteiger partial charge in [-0.05, 0) is 42.5 Å². The molecule has 3 N–H and O–H groups in total. The van der Waals surface area contributed by atoms with Gasteiger partial charge in [0, 0.05) is 42.9 Å². The minimum absolute atomic E-state index is 0.173. The number of aliphatic hydroxyl groups is 1. The molecule has 0 radical (unpaired) electrons. The number of carbonyl (C=O) groups excluding carboxylic acids is 1. The van der Waals surface area contributed by atoms with Gasteiger partial charge in [-0.15, -0.1) is 0 Å². The van der Waals surface area contributed by atoms with Crippen molar-refractivity contribution in [1.82, 2.24) is 19.5 Å². The number of aromatic nitrogens is 4. The maximum absolute atomic E-state index is 13.4. The number of H-pyrrole nitrogens is 1. The van der Waals surface area contributed by atoms with E-state index in [0.29, 0.717) is 36.1 Å². The average Bonchev–Trinajstić information content (AvgIpc) is 3.31. The minimum Gasteiger partial charge on any atom is -0.422 e. The smallest absolute Gasteiger partial charge is 0.298 e. The largest absolute Gasteiger partial charge is 0.422 e. The van der Waals surface area contributed by atoms with Crippen LogP contribution in [0.25, 0.3) is 22.2 Å². The molecule has 1 aliphatic rings. The SMILES string of the molecule is O=COc1c(-c2ccnc(NC3CCOCC3)n2)ccn(C(CO)c2cc3ccccc3[nH]2)c1=O. The fourth-order valence-electron chi connectivity index (χ4n) is 4.35. The van der Waals surface area contributed by atoms with Crippen LogP contribution in [0.3, 0.4) is 0 Å². The number of ether oxygens (including phenoxy) is 2. The van der Waals surface area contributed by atoms with E-state index in [1.54, 1.807) is 24.5 Å². The van der Waals surface area contributed by atoms with Gasteiger partial charge in [0.25, 0.3) is 12.0 Å². The van der Waals surface area contributed by atoms with Crippen molar-refractivity contribution in [2.75, 3.05) is 25.1 Å². The van der Waals surface area contributed by atoms with E-state index < -0.39 is 11.6 Å². The maximum Gasteiger partial charge on any atom is 0.298 e. The number of carbonyl (C=O) groups is 1. The Kier molecular flexibility index (Phi) is 6.55. The van der Waals surface area contributed by atoms with Crippen molar-refractivity contribution < 1.29 is 19.4 Å². The van der Waals surface area contributed by atoms with Crippen LogP contribution in [0.4, 0.5) is 5.95 Å². The summed E-state index contributed by atoms with van der Waals surface area (Å²) in [4.78, 5) is 36.8. The van der Waals surface area contributed by atoms with Crippen LogP contribution in [-0.2, 0) is 9.53 Å². The number of hydrogen-bond donors (Lipinski definition) is 3. The van der Waals surface area contributed by atoms with Gasteiger partial charge in [0.1, 0.15) is 0 Å². The third kappa shape index (κ3) is 4.66. The fraction of sp³-hybridized carbons (Fsp3) is 0.280. The first kappa shape index (κ1) is 22.8. The molecule has 1 saturated heterocycles. The zero-order valence-corrected chi connectivity index (χ0v) is 18.9. The summed E-state index contributed by atoms with van der Waals surface area (Å²) in [6.07, 6.45) is 4.84. The van der Waals surface area contributed by atoms with Crippen molar-refractivity contribution in [3.05, 3.63) is 70.9 Å². The van der Waals surface area contributed by atoms with E-state index in [1.165, 1.54) is 4.57 Å². The van der Waals surface area contributed by atoms with Crippen molar-refractivity contribution in [2.24, 2.45) is 0 Å². The van der Waals surface area contributed by atoms with E-state index in [-0.39, 0.29) is 24.9 Å². The third-order valence-electron chi connectivity index (χ3n) is 6.15. The zero-order valence-electron chi connectivity index (χ0n) is 18.9. The van der Waals surface area contributed by atoms with Gasteiger partial charge in [-0.3, -0.25) is 9.59 Å². The number of nitrogens with zero attached hydrogens (tertiary/aromatic N) is 3. The van der Waals surface area contributed by atoms with Crippen LogP contribution in [0.2, 0.25) is 0 Å². The lowest BCUT2D eigenvalue weighted by Gasteiger charge is -2.23. The predicted octanol–water partition coefficient (Wildman–Crippen LogP) is 2.49. The van der Waals surface area contributed by atoms with E-state index in [4.69, 9.17) is 9.47 Å². The van der Waals surface area contributed by atoms with Crippen molar-refractivity contribution in [2.45, 2.75) is 24.9 Å². The molecule has 1 fully saturated rings. The molecule has 0 bridgehead atoms. The van der Waals surface area contributed by atoms with E-state index in [1.807, 2.05) is 30.3 Å². The van der Waals surface area contributed by atoms with E-state index >= 15 is 0 Å². The van der Waals surface area contributed by atoms with Gasteiger partial charge in [0.05, 0.1) is 23.9 Å². The summed E-state index contributed by atoms with van der Waals surface area (Å²) >= 11 is 0. The number of benzene rings is 1. The highest BCUT2D eigenvalue weighted by molar-refractivity contribution is 5.80. The van der Waals surface area contributed by atoms with E-state index in [0.717, 1.165) is 23.7 Å². The van der Waals surface area contributed by atoms with Gasteiger partial charge in [0.15, 0.2) is 0 Å². The van der Waals surface area contributed by atoms with Gasteiger partial charge < -0.3 is 29.4 Å². The second kappa shape index (κ2) is 10.1. The number of fused-ring (bicyclic) bond motifs is 1. The van der Waals surface area contributed by atoms with Crippen LogP contribution in [0, 0.1) is 0 Å². The molecule has 5 rings (SSSR count). The Labute approximate surface area is 200 Å². The lowest BCUT2D eigenvalue weighted by atomic mass is 10.1. The Morgan fingerprint density at radius 1 is 1.26 bits per heavy atom. The molecule has 1 atom stereocenters. The fourth-order valence-corrected chi connectivity index (χ4v) is 4.35. The summed E-state index contributed by atoms with van der Waals surface area (Å²) in [7, 11) is 0.